The highest BCUT2D eigenvalue weighted by atomic mass is 16.1. The van der Waals surface area contributed by atoms with Crippen molar-refractivity contribution in [2.45, 2.75) is 38.6 Å². The van der Waals surface area contributed by atoms with Gasteiger partial charge < -0.3 is 11.1 Å². The van der Waals surface area contributed by atoms with Crippen LogP contribution < -0.4 is 11.1 Å². The second-order valence-corrected chi connectivity index (χ2v) is 5.71. The quantitative estimate of drug-likeness (QED) is 0.799. The van der Waals surface area contributed by atoms with E-state index in [4.69, 9.17) is 5.73 Å². The summed E-state index contributed by atoms with van der Waals surface area (Å²) in [6.45, 7) is 1.94. The monoisotopic (exact) mass is 244 g/mol. The first-order chi connectivity index (χ1) is 8.66. The van der Waals surface area contributed by atoms with Gasteiger partial charge in [-0.1, -0.05) is 12.1 Å². The fraction of sp³-hybridized carbons (Fsp3) is 0.533. The van der Waals surface area contributed by atoms with E-state index in [0.717, 1.165) is 5.56 Å². The number of nitrogens with one attached hydrogen (secondary N) is 1. The summed E-state index contributed by atoms with van der Waals surface area (Å²) in [4.78, 5) is 12.4. The third kappa shape index (κ3) is 2.22. The Labute approximate surface area is 108 Å². The van der Waals surface area contributed by atoms with Crippen LogP contribution in [0.4, 0.5) is 5.69 Å². The first-order valence-electron chi connectivity index (χ1n) is 6.83. The Hall–Kier alpha value is -1.51. The van der Waals surface area contributed by atoms with Crippen molar-refractivity contribution >= 4 is 11.6 Å². The van der Waals surface area contributed by atoms with Crippen LogP contribution in [0.5, 0.6) is 0 Å². The van der Waals surface area contributed by atoms with Crippen molar-refractivity contribution in [3.63, 3.8) is 0 Å². The molecule has 0 aliphatic heterocycles. The second-order valence-electron chi connectivity index (χ2n) is 5.71. The normalized spacial score (nSPS) is 19.0. The molecule has 0 unspecified atom stereocenters. The first-order valence-corrected chi connectivity index (χ1v) is 6.83. The minimum Gasteiger partial charge on any atom is -0.398 e. The highest BCUT2D eigenvalue weighted by Crippen LogP contribution is 2.44. The van der Waals surface area contributed by atoms with Crippen molar-refractivity contribution < 1.29 is 4.79 Å². The van der Waals surface area contributed by atoms with E-state index in [1.165, 1.54) is 25.7 Å². The zero-order valence-corrected chi connectivity index (χ0v) is 10.8. The number of hydrogen-bond donors (Lipinski definition) is 2. The summed E-state index contributed by atoms with van der Waals surface area (Å²) in [5, 5.41) is 3.22. The number of anilines is 1. The Bertz CT molecular complexity index is 443. The zero-order chi connectivity index (χ0) is 12.7. The SMILES string of the molecule is Cc1cccc(N)c1C(=O)NC(C1CC1)C1CC1. The number of amides is 1. The molecule has 18 heavy (non-hydrogen) atoms. The van der Waals surface area contributed by atoms with Gasteiger partial charge in [0.05, 0.1) is 5.56 Å². The fourth-order valence-electron chi connectivity index (χ4n) is 2.76. The largest absolute Gasteiger partial charge is 0.398 e. The Morgan fingerprint density at radius 1 is 1.28 bits per heavy atom. The highest BCUT2D eigenvalue weighted by Gasteiger charge is 2.42. The number of nitrogen functional groups attached to an aromatic ring is 1. The van der Waals surface area contributed by atoms with E-state index in [0.29, 0.717) is 29.1 Å². The molecular formula is C15H20N2O. The lowest BCUT2D eigenvalue weighted by Gasteiger charge is -2.19. The topological polar surface area (TPSA) is 55.1 Å². The van der Waals surface area contributed by atoms with Gasteiger partial charge in [-0.05, 0) is 56.1 Å². The number of rotatable bonds is 4. The molecule has 3 N–H and O–H groups in total. The van der Waals surface area contributed by atoms with Gasteiger partial charge in [0.15, 0.2) is 0 Å². The molecule has 2 aliphatic rings. The van der Waals surface area contributed by atoms with Gasteiger partial charge in [-0.3, -0.25) is 4.79 Å². The second kappa shape index (κ2) is 4.30. The van der Waals surface area contributed by atoms with Crippen molar-refractivity contribution in [1.29, 1.82) is 0 Å². The van der Waals surface area contributed by atoms with Crippen molar-refractivity contribution in [3.8, 4) is 0 Å². The van der Waals surface area contributed by atoms with E-state index in [2.05, 4.69) is 5.32 Å². The van der Waals surface area contributed by atoms with E-state index in [9.17, 15) is 4.79 Å². The Balaban J connectivity index is 1.77. The molecule has 96 valence electrons. The zero-order valence-electron chi connectivity index (χ0n) is 10.8. The summed E-state index contributed by atoms with van der Waals surface area (Å²) >= 11 is 0. The van der Waals surface area contributed by atoms with Crippen LogP contribution in [0, 0.1) is 18.8 Å². The third-order valence-electron chi connectivity index (χ3n) is 4.09. The molecule has 0 radical (unpaired) electrons. The molecule has 1 aromatic rings. The van der Waals surface area contributed by atoms with Crippen LogP contribution in [0.25, 0.3) is 0 Å². The Kier molecular flexibility index (Phi) is 2.77. The Morgan fingerprint density at radius 2 is 1.89 bits per heavy atom. The molecule has 0 spiro atoms. The average molecular weight is 244 g/mol. The highest BCUT2D eigenvalue weighted by molar-refractivity contribution is 6.00. The van der Waals surface area contributed by atoms with Gasteiger partial charge in [-0.15, -0.1) is 0 Å². The molecule has 0 bridgehead atoms. The lowest BCUT2D eigenvalue weighted by Crippen LogP contribution is -2.38. The molecule has 2 fully saturated rings. The van der Waals surface area contributed by atoms with Gasteiger partial charge >= 0.3 is 0 Å². The summed E-state index contributed by atoms with van der Waals surface area (Å²) in [5.74, 6) is 1.44. The van der Waals surface area contributed by atoms with Crippen molar-refractivity contribution in [2.75, 3.05) is 5.73 Å². The molecule has 2 saturated carbocycles. The van der Waals surface area contributed by atoms with E-state index >= 15 is 0 Å². The predicted octanol–water partition coefficient (Wildman–Crippen LogP) is 2.50. The van der Waals surface area contributed by atoms with E-state index < -0.39 is 0 Å². The summed E-state index contributed by atoms with van der Waals surface area (Å²) in [7, 11) is 0. The number of carbonyl (C=O) groups is 1. The lowest BCUT2D eigenvalue weighted by atomic mass is 10.0. The van der Waals surface area contributed by atoms with Crippen molar-refractivity contribution in [2.24, 2.45) is 11.8 Å². The van der Waals surface area contributed by atoms with Crippen molar-refractivity contribution in [3.05, 3.63) is 29.3 Å². The number of hydrogen-bond acceptors (Lipinski definition) is 2. The third-order valence-corrected chi connectivity index (χ3v) is 4.09. The van der Waals surface area contributed by atoms with Crippen LogP contribution >= 0.6 is 0 Å². The lowest BCUT2D eigenvalue weighted by molar-refractivity contribution is 0.0926. The van der Waals surface area contributed by atoms with Gasteiger partial charge in [0, 0.05) is 11.7 Å². The van der Waals surface area contributed by atoms with Crippen LogP contribution in [0.15, 0.2) is 18.2 Å². The molecule has 0 atom stereocenters. The number of carbonyl (C=O) groups excluding carboxylic acids is 1. The summed E-state index contributed by atoms with van der Waals surface area (Å²) in [5.41, 5.74) is 8.11. The fourth-order valence-corrected chi connectivity index (χ4v) is 2.76. The summed E-state index contributed by atoms with van der Waals surface area (Å²) in [6.07, 6.45) is 5.07. The number of benzene rings is 1. The smallest absolute Gasteiger partial charge is 0.253 e. The molecule has 3 nitrogen and oxygen atoms in total. The predicted molar refractivity (Wildman–Crippen MR) is 72.3 cm³/mol. The molecule has 0 heterocycles. The number of nitrogens with two attached hydrogens (primary N) is 1. The first kappa shape index (κ1) is 11.6. The van der Waals surface area contributed by atoms with Crippen LogP contribution in [-0.4, -0.2) is 11.9 Å². The summed E-state index contributed by atoms with van der Waals surface area (Å²) in [6, 6.07) is 6.01. The van der Waals surface area contributed by atoms with Gasteiger partial charge in [0.1, 0.15) is 0 Å². The minimum absolute atomic E-state index is 0.00870. The van der Waals surface area contributed by atoms with Gasteiger partial charge in [0.25, 0.3) is 5.91 Å². The molecular weight excluding hydrogens is 224 g/mol. The molecule has 0 aromatic heterocycles. The van der Waals surface area contributed by atoms with Crippen LogP contribution in [0.1, 0.15) is 41.6 Å². The number of aryl methyl sites for hydroxylation is 1. The average Bonchev–Trinajstić information content (AvgIpc) is 3.17. The van der Waals surface area contributed by atoms with Gasteiger partial charge in [-0.2, -0.15) is 0 Å². The maximum Gasteiger partial charge on any atom is 0.253 e. The molecule has 1 amide bonds. The van der Waals surface area contributed by atoms with E-state index in [1.54, 1.807) is 6.07 Å². The van der Waals surface area contributed by atoms with Gasteiger partial charge in [0.2, 0.25) is 0 Å². The van der Waals surface area contributed by atoms with Crippen LogP contribution in [-0.2, 0) is 0 Å². The van der Waals surface area contributed by atoms with Crippen LogP contribution in [0.2, 0.25) is 0 Å². The molecule has 3 rings (SSSR count). The molecule has 2 aliphatic carbocycles. The molecule has 3 heteroatoms. The van der Waals surface area contributed by atoms with Crippen molar-refractivity contribution in [1.82, 2.24) is 5.32 Å². The molecule has 0 saturated heterocycles. The standard InChI is InChI=1S/C15H20N2O/c1-9-3-2-4-12(16)13(9)15(18)17-14(10-5-6-10)11-7-8-11/h2-4,10-11,14H,5-8,16H2,1H3,(H,17,18). The minimum atomic E-state index is 0.00870. The van der Waals surface area contributed by atoms with Crippen LogP contribution in [0.3, 0.4) is 0 Å². The molecule has 1 aromatic carbocycles. The Morgan fingerprint density at radius 3 is 2.39 bits per heavy atom. The van der Waals surface area contributed by atoms with E-state index in [1.807, 2.05) is 19.1 Å². The van der Waals surface area contributed by atoms with E-state index in [-0.39, 0.29) is 5.91 Å². The van der Waals surface area contributed by atoms with Gasteiger partial charge in [-0.25, -0.2) is 0 Å². The maximum atomic E-state index is 12.4. The summed E-state index contributed by atoms with van der Waals surface area (Å²) < 4.78 is 0. The maximum absolute atomic E-state index is 12.4.